The van der Waals surface area contributed by atoms with Gasteiger partial charge in [0.2, 0.25) is 0 Å². The van der Waals surface area contributed by atoms with Gasteiger partial charge in [-0.05, 0) is 34.7 Å². The van der Waals surface area contributed by atoms with Gasteiger partial charge in [-0.2, -0.15) is 18.3 Å². The lowest BCUT2D eigenvalue weighted by Crippen LogP contribution is -2.30. The average molecular weight is 359 g/mol. The first kappa shape index (κ1) is 16.2. The summed E-state index contributed by atoms with van der Waals surface area (Å²) < 4.78 is 45.7. The second kappa shape index (κ2) is 5.91. The van der Waals surface area contributed by atoms with Gasteiger partial charge >= 0.3 is 12.3 Å². The van der Waals surface area contributed by atoms with E-state index >= 15 is 0 Å². The molecule has 2 N–H and O–H groups in total. The number of ether oxygens (including phenoxy) is 1. The van der Waals surface area contributed by atoms with Crippen LogP contribution in [0.4, 0.5) is 18.0 Å². The average Bonchev–Trinajstić information content (AvgIpc) is 3.09. The zero-order valence-corrected chi connectivity index (χ0v) is 13.2. The Kier molecular flexibility index (Phi) is 3.68. The van der Waals surface area contributed by atoms with E-state index in [2.05, 4.69) is 15.5 Å². The first-order valence-electron chi connectivity index (χ1n) is 7.70. The van der Waals surface area contributed by atoms with Gasteiger partial charge in [0.15, 0.2) is 0 Å². The minimum absolute atomic E-state index is 0.0686. The molecule has 0 atom stereocenters. The first-order chi connectivity index (χ1) is 12.4. The summed E-state index contributed by atoms with van der Waals surface area (Å²) in [4.78, 5) is 14.0. The van der Waals surface area contributed by atoms with Crippen molar-refractivity contribution in [3.8, 4) is 11.1 Å². The number of nitrogens with zero attached hydrogens (tertiary/aromatic N) is 1. The standard InChI is InChI=1S/C18H12F3N3O2/c19-18(20,21)14-7-12(16-9-26-17(25)24-23-16)3-4-13(14)11-2-1-10-5-6-22-15(10)8-11/h1-8,22H,9H2,(H,24,25). The third-order valence-electron chi connectivity index (χ3n) is 4.15. The topological polar surface area (TPSA) is 66.5 Å². The van der Waals surface area contributed by atoms with Crippen molar-refractivity contribution in [2.24, 2.45) is 5.10 Å². The Bertz CT molecular complexity index is 1040. The van der Waals surface area contributed by atoms with Crippen molar-refractivity contribution >= 4 is 22.7 Å². The number of hydrogen-bond acceptors (Lipinski definition) is 3. The summed E-state index contributed by atoms with van der Waals surface area (Å²) in [5.41, 5.74) is 3.06. The number of fused-ring (bicyclic) bond motifs is 1. The van der Waals surface area contributed by atoms with Gasteiger partial charge in [-0.15, -0.1) is 0 Å². The van der Waals surface area contributed by atoms with E-state index in [-0.39, 0.29) is 23.4 Å². The molecule has 0 radical (unpaired) electrons. The number of rotatable bonds is 2. The number of alkyl halides is 3. The van der Waals surface area contributed by atoms with Crippen LogP contribution in [-0.2, 0) is 10.9 Å². The lowest BCUT2D eigenvalue weighted by molar-refractivity contribution is -0.137. The molecule has 0 aliphatic carbocycles. The van der Waals surface area contributed by atoms with Crippen LogP contribution >= 0.6 is 0 Å². The highest BCUT2D eigenvalue weighted by molar-refractivity contribution is 6.04. The van der Waals surface area contributed by atoms with E-state index in [4.69, 9.17) is 4.74 Å². The number of carbonyl (C=O) groups excluding carboxylic acids is 1. The zero-order chi connectivity index (χ0) is 18.3. The molecule has 1 aliphatic rings. The summed E-state index contributed by atoms with van der Waals surface area (Å²) >= 11 is 0. The minimum atomic E-state index is -4.55. The van der Waals surface area contributed by atoms with E-state index < -0.39 is 17.8 Å². The lowest BCUT2D eigenvalue weighted by Gasteiger charge is -2.17. The molecule has 0 bridgehead atoms. The molecule has 0 unspecified atom stereocenters. The summed E-state index contributed by atoms with van der Waals surface area (Å²) in [5.74, 6) is 0. The Balaban J connectivity index is 1.83. The van der Waals surface area contributed by atoms with Crippen molar-refractivity contribution in [2.75, 3.05) is 6.61 Å². The molecule has 1 aromatic heterocycles. The second-order valence-corrected chi connectivity index (χ2v) is 5.78. The molecule has 2 aromatic carbocycles. The largest absolute Gasteiger partial charge is 0.442 e. The summed E-state index contributed by atoms with van der Waals surface area (Å²) in [6.45, 7) is -0.184. The molecule has 0 spiro atoms. The summed E-state index contributed by atoms with van der Waals surface area (Å²) in [6.07, 6.45) is -3.55. The Morgan fingerprint density at radius 2 is 1.85 bits per heavy atom. The van der Waals surface area contributed by atoms with Crippen molar-refractivity contribution in [1.82, 2.24) is 10.4 Å². The zero-order valence-electron chi connectivity index (χ0n) is 13.2. The Labute approximate surface area is 145 Å². The summed E-state index contributed by atoms with van der Waals surface area (Å²) in [6, 6.07) is 10.9. The molecule has 2 heterocycles. The number of carbonyl (C=O) groups is 1. The number of aromatic nitrogens is 1. The van der Waals surface area contributed by atoms with Crippen LogP contribution in [0.3, 0.4) is 0 Å². The number of H-pyrrole nitrogens is 1. The molecule has 1 aliphatic heterocycles. The molecular weight excluding hydrogens is 347 g/mol. The van der Waals surface area contributed by atoms with Gasteiger partial charge in [-0.3, -0.25) is 0 Å². The van der Waals surface area contributed by atoms with E-state index in [1.807, 2.05) is 6.07 Å². The fourth-order valence-corrected chi connectivity index (χ4v) is 2.88. The lowest BCUT2D eigenvalue weighted by atomic mass is 9.95. The van der Waals surface area contributed by atoms with Gasteiger partial charge in [0.1, 0.15) is 12.3 Å². The van der Waals surface area contributed by atoms with Crippen LogP contribution in [0.5, 0.6) is 0 Å². The van der Waals surface area contributed by atoms with Crippen molar-refractivity contribution in [3.63, 3.8) is 0 Å². The summed E-state index contributed by atoms with van der Waals surface area (Å²) in [7, 11) is 0. The second-order valence-electron chi connectivity index (χ2n) is 5.78. The molecule has 1 amide bonds. The van der Waals surface area contributed by atoms with Gasteiger partial charge in [0.25, 0.3) is 0 Å². The predicted octanol–water partition coefficient (Wildman–Crippen LogP) is 4.30. The van der Waals surface area contributed by atoms with E-state index in [9.17, 15) is 18.0 Å². The molecule has 132 valence electrons. The number of amides is 1. The molecule has 5 nitrogen and oxygen atoms in total. The highest BCUT2D eigenvalue weighted by Crippen LogP contribution is 2.38. The number of halogens is 3. The molecule has 0 saturated heterocycles. The van der Waals surface area contributed by atoms with Crippen molar-refractivity contribution in [1.29, 1.82) is 0 Å². The number of benzene rings is 2. The number of aromatic amines is 1. The van der Waals surface area contributed by atoms with E-state index in [1.165, 1.54) is 12.1 Å². The van der Waals surface area contributed by atoms with Gasteiger partial charge in [0.05, 0.1) is 5.56 Å². The van der Waals surface area contributed by atoms with Crippen LogP contribution in [0, 0.1) is 0 Å². The van der Waals surface area contributed by atoms with Crippen LogP contribution in [0.25, 0.3) is 22.0 Å². The third kappa shape index (κ3) is 2.90. The van der Waals surface area contributed by atoms with E-state index in [0.717, 1.165) is 17.0 Å². The molecule has 0 fully saturated rings. The minimum Gasteiger partial charge on any atom is -0.442 e. The first-order valence-corrected chi connectivity index (χ1v) is 7.70. The number of hydrogen-bond donors (Lipinski definition) is 2. The summed E-state index contributed by atoms with van der Waals surface area (Å²) in [5, 5.41) is 4.68. The molecule has 26 heavy (non-hydrogen) atoms. The highest BCUT2D eigenvalue weighted by Gasteiger charge is 2.34. The molecule has 4 rings (SSSR count). The van der Waals surface area contributed by atoms with Crippen LogP contribution in [-0.4, -0.2) is 23.4 Å². The van der Waals surface area contributed by atoms with Crippen molar-refractivity contribution in [3.05, 3.63) is 59.8 Å². The van der Waals surface area contributed by atoms with Crippen LogP contribution in [0.15, 0.2) is 53.8 Å². The maximum atomic E-state index is 13.6. The van der Waals surface area contributed by atoms with Crippen molar-refractivity contribution < 1.29 is 22.7 Å². The fraction of sp³-hybridized carbons (Fsp3) is 0.111. The Morgan fingerprint density at radius 1 is 1.04 bits per heavy atom. The fourth-order valence-electron chi connectivity index (χ4n) is 2.88. The quantitative estimate of drug-likeness (QED) is 0.716. The molecule has 8 heteroatoms. The molecule has 3 aromatic rings. The molecule has 0 saturated carbocycles. The Morgan fingerprint density at radius 3 is 2.58 bits per heavy atom. The van der Waals surface area contributed by atoms with Crippen molar-refractivity contribution in [2.45, 2.75) is 6.18 Å². The van der Waals surface area contributed by atoms with Crippen LogP contribution in [0.2, 0.25) is 0 Å². The van der Waals surface area contributed by atoms with E-state index in [0.29, 0.717) is 5.56 Å². The van der Waals surface area contributed by atoms with Gasteiger partial charge in [-0.25, -0.2) is 10.2 Å². The predicted molar refractivity (Wildman–Crippen MR) is 89.8 cm³/mol. The number of hydrazone groups is 1. The number of cyclic esters (lactones) is 1. The Hall–Kier alpha value is -3.29. The highest BCUT2D eigenvalue weighted by atomic mass is 19.4. The molecular formula is C18H12F3N3O2. The van der Waals surface area contributed by atoms with Crippen LogP contribution in [0.1, 0.15) is 11.1 Å². The third-order valence-corrected chi connectivity index (χ3v) is 4.15. The monoisotopic (exact) mass is 359 g/mol. The maximum absolute atomic E-state index is 13.6. The van der Waals surface area contributed by atoms with Gasteiger partial charge in [-0.1, -0.05) is 24.3 Å². The number of nitrogens with one attached hydrogen (secondary N) is 2. The van der Waals surface area contributed by atoms with Crippen LogP contribution < -0.4 is 5.43 Å². The van der Waals surface area contributed by atoms with Gasteiger partial charge in [0, 0.05) is 17.3 Å². The normalized spacial score (nSPS) is 14.7. The maximum Gasteiger partial charge on any atom is 0.428 e. The smallest absolute Gasteiger partial charge is 0.428 e. The van der Waals surface area contributed by atoms with E-state index in [1.54, 1.807) is 24.4 Å². The SMILES string of the molecule is O=C1NN=C(c2ccc(-c3ccc4cc[nH]c4c3)c(C(F)(F)F)c2)CO1. The van der Waals surface area contributed by atoms with Gasteiger partial charge < -0.3 is 9.72 Å².